The van der Waals surface area contributed by atoms with Gasteiger partial charge in [0.15, 0.2) is 0 Å². The van der Waals surface area contributed by atoms with Gasteiger partial charge in [-0.15, -0.1) is 0 Å². The van der Waals surface area contributed by atoms with Crippen LogP contribution in [0.1, 0.15) is 37.5 Å². The molecular weight excluding hydrogens is 605 g/mol. The molecule has 0 saturated heterocycles. The fraction of sp³-hybridized carbons (Fsp3) is 0.278. The number of carbonyl (C=O) groups is 2. The van der Waals surface area contributed by atoms with Gasteiger partial charge in [0, 0.05) is 18.5 Å². The molecule has 0 aliphatic heterocycles. The second kappa shape index (κ2) is 14.6. The number of methoxy groups -OCH3 is 1. The van der Waals surface area contributed by atoms with Crippen molar-refractivity contribution in [2.24, 2.45) is 0 Å². The second-order valence-corrected chi connectivity index (χ2v) is 14.0. The van der Waals surface area contributed by atoms with Gasteiger partial charge in [0.2, 0.25) is 11.8 Å². The summed E-state index contributed by atoms with van der Waals surface area (Å²) in [6.07, 6.45) is 0.170. The molecule has 8 nitrogen and oxygen atoms in total. The summed E-state index contributed by atoms with van der Waals surface area (Å²) in [5.74, 6) is -0.935. The molecule has 0 fully saturated rings. The van der Waals surface area contributed by atoms with Crippen LogP contribution in [0.5, 0.6) is 5.75 Å². The number of amides is 2. The number of benzene rings is 4. The third-order valence-electron chi connectivity index (χ3n) is 7.28. The quantitative estimate of drug-likeness (QED) is 0.207. The zero-order chi connectivity index (χ0) is 33.5. The largest absolute Gasteiger partial charge is 0.497 e. The number of ether oxygens (including phenoxy) is 1. The third-order valence-corrected chi connectivity index (χ3v) is 9.07. The van der Waals surface area contributed by atoms with Crippen LogP contribution < -0.4 is 14.4 Å². The topological polar surface area (TPSA) is 96.0 Å². The minimum atomic E-state index is -4.24. The summed E-state index contributed by atoms with van der Waals surface area (Å²) in [5, 5.41) is 2.99. The predicted octanol–water partition coefficient (Wildman–Crippen LogP) is 5.89. The molecule has 46 heavy (non-hydrogen) atoms. The highest BCUT2D eigenvalue weighted by Crippen LogP contribution is 2.27. The van der Waals surface area contributed by atoms with Gasteiger partial charge in [-0.3, -0.25) is 13.9 Å². The number of carbonyl (C=O) groups excluding carboxylic acids is 2. The fourth-order valence-electron chi connectivity index (χ4n) is 4.91. The molecular formula is C36H40FN3O5S. The Bertz CT molecular complexity index is 1720. The summed E-state index contributed by atoms with van der Waals surface area (Å²) in [7, 11) is -2.73. The molecule has 242 valence electrons. The van der Waals surface area contributed by atoms with E-state index in [-0.39, 0.29) is 23.5 Å². The van der Waals surface area contributed by atoms with Crippen LogP contribution in [0.3, 0.4) is 0 Å². The Kier molecular flexibility index (Phi) is 10.8. The zero-order valence-electron chi connectivity index (χ0n) is 26.7. The summed E-state index contributed by atoms with van der Waals surface area (Å²) in [6, 6.07) is 26.6. The summed E-state index contributed by atoms with van der Waals surface area (Å²) in [5.41, 5.74) is 1.90. The van der Waals surface area contributed by atoms with E-state index in [1.807, 2.05) is 58.0 Å². The molecule has 4 aromatic rings. The van der Waals surface area contributed by atoms with Gasteiger partial charge in [-0.25, -0.2) is 12.8 Å². The Morgan fingerprint density at radius 1 is 0.848 bits per heavy atom. The molecule has 0 spiro atoms. The van der Waals surface area contributed by atoms with Crippen LogP contribution in [0.15, 0.2) is 108 Å². The van der Waals surface area contributed by atoms with Gasteiger partial charge < -0.3 is 15.0 Å². The molecule has 10 heteroatoms. The highest BCUT2D eigenvalue weighted by molar-refractivity contribution is 7.92. The molecule has 0 aromatic heterocycles. The van der Waals surface area contributed by atoms with Crippen molar-refractivity contribution < 1.29 is 27.1 Å². The molecule has 2 amide bonds. The van der Waals surface area contributed by atoms with Crippen molar-refractivity contribution in [3.8, 4) is 5.75 Å². The van der Waals surface area contributed by atoms with E-state index in [1.165, 1.54) is 36.3 Å². The minimum Gasteiger partial charge on any atom is -0.497 e. The van der Waals surface area contributed by atoms with E-state index in [4.69, 9.17) is 4.74 Å². The monoisotopic (exact) mass is 645 g/mol. The van der Waals surface area contributed by atoms with Gasteiger partial charge in [0.1, 0.15) is 24.2 Å². The molecule has 0 aliphatic carbocycles. The lowest BCUT2D eigenvalue weighted by Crippen LogP contribution is -2.56. The molecule has 0 unspecified atom stereocenters. The Morgan fingerprint density at radius 2 is 1.46 bits per heavy atom. The molecule has 0 aliphatic rings. The Balaban J connectivity index is 1.81. The highest BCUT2D eigenvalue weighted by atomic mass is 32.2. The van der Waals surface area contributed by atoms with Crippen molar-refractivity contribution in [2.75, 3.05) is 18.0 Å². The smallest absolute Gasteiger partial charge is 0.264 e. The van der Waals surface area contributed by atoms with E-state index < -0.39 is 45.8 Å². The number of sulfonamides is 1. The second-order valence-electron chi connectivity index (χ2n) is 12.1. The summed E-state index contributed by atoms with van der Waals surface area (Å²) in [4.78, 5) is 29.8. The standard InChI is InChI=1S/C36H40FN3O5S/c1-26-11-21-32(22-12-26)46(43,44)40(30-17-19-31(45-5)20-18-30)25-34(41)39(24-28-13-15-29(37)16-14-28)33(35(42)38-36(2,3)4)23-27-9-7-6-8-10-27/h6-22,33H,23-25H2,1-5H3,(H,38,42)/t33-/m0/s1. The van der Waals surface area contributed by atoms with Crippen LogP contribution in [0.2, 0.25) is 0 Å². The zero-order valence-corrected chi connectivity index (χ0v) is 27.6. The number of nitrogens with one attached hydrogen (secondary N) is 1. The van der Waals surface area contributed by atoms with Crippen molar-refractivity contribution in [3.63, 3.8) is 0 Å². The summed E-state index contributed by atoms with van der Waals surface area (Å²) in [6.45, 7) is 6.72. The molecule has 4 aromatic carbocycles. The number of rotatable bonds is 12. The van der Waals surface area contributed by atoms with Crippen LogP contribution in [-0.2, 0) is 32.6 Å². The van der Waals surface area contributed by atoms with Crippen molar-refractivity contribution >= 4 is 27.5 Å². The predicted molar refractivity (Wildman–Crippen MR) is 177 cm³/mol. The van der Waals surface area contributed by atoms with E-state index in [0.717, 1.165) is 15.4 Å². The van der Waals surface area contributed by atoms with Gasteiger partial charge in [-0.2, -0.15) is 0 Å². The molecule has 1 atom stereocenters. The summed E-state index contributed by atoms with van der Waals surface area (Å²) < 4.78 is 48.4. The number of hydrogen-bond donors (Lipinski definition) is 1. The molecule has 0 heterocycles. The van der Waals surface area contributed by atoms with Gasteiger partial charge >= 0.3 is 0 Å². The maximum absolute atomic E-state index is 14.5. The Labute approximate surface area is 270 Å². The lowest BCUT2D eigenvalue weighted by molar-refractivity contribution is -0.140. The summed E-state index contributed by atoms with van der Waals surface area (Å²) >= 11 is 0. The average Bonchev–Trinajstić information content (AvgIpc) is 3.02. The Morgan fingerprint density at radius 3 is 2.02 bits per heavy atom. The lowest BCUT2D eigenvalue weighted by atomic mass is 10.0. The van der Waals surface area contributed by atoms with Gasteiger partial charge in [-0.1, -0.05) is 60.2 Å². The van der Waals surface area contributed by atoms with Gasteiger partial charge in [0.25, 0.3) is 10.0 Å². The molecule has 0 bridgehead atoms. The first-order valence-corrected chi connectivity index (χ1v) is 16.3. The van der Waals surface area contributed by atoms with Gasteiger partial charge in [-0.05, 0) is 87.4 Å². The van der Waals surface area contributed by atoms with E-state index in [0.29, 0.717) is 11.3 Å². The highest BCUT2D eigenvalue weighted by Gasteiger charge is 2.35. The van der Waals surface area contributed by atoms with E-state index in [1.54, 1.807) is 48.5 Å². The molecule has 4 rings (SSSR count). The first kappa shape index (κ1) is 34.2. The van der Waals surface area contributed by atoms with Crippen molar-refractivity contribution in [3.05, 3.63) is 126 Å². The first-order valence-electron chi connectivity index (χ1n) is 14.9. The van der Waals surface area contributed by atoms with Crippen LogP contribution in [0.4, 0.5) is 10.1 Å². The van der Waals surface area contributed by atoms with Crippen LogP contribution >= 0.6 is 0 Å². The number of aryl methyl sites for hydroxylation is 1. The number of nitrogens with zero attached hydrogens (tertiary/aromatic N) is 2. The van der Waals surface area contributed by atoms with E-state index in [9.17, 15) is 22.4 Å². The number of hydrogen-bond acceptors (Lipinski definition) is 5. The maximum Gasteiger partial charge on any atom is 0.264 e. The Hall–Kier alpha value is -4.70. The molecule has 0 saturated carbocycles. The average molecular weight is 646 g/mol. The molecule has 0 radical (unpaired) electrons. The van der Waals surface area contributed by atoms with Crippen molar-refractivity contribution in [1.82, 2.24) is 10.2 Å². The SMILES string of the molecule is COc1ccc(N(CC(=O)N(Cc2ccc(F)cc2)[C@@H](Cc2ccccc2)C(=O)NC(C)(C)C)S(=O)(=O)c2ccc(C)cc2)cc1. The maximum atomic E-state index is 14.5. The van der Waals surface area contributed by atoms with Crippen LogP contribution in [-0.4, -0.2) is 50.4 Å². The van der Waals surface area contributed by atoms with E-state index in [2.05, 4.69) is 5.32 Å². The van der Waals surface area contributed by atoms with E-state index >= 15 is 0 Å². The fourth-order valence-corrected chi connectivity index (χ4v) is 6.32. The lowest BCUT2D eigenvalue weighted by Gasteiger charge is -2.35. The minimum absolute atomic E-state index is 0.0121. The van der Waals surface area contributed by atoms with Crippen molar-refractivity contribution in [1.29, 1.82) is 0 Å². The number of halogens is 1. The first-order chi connectivity index (χ1) is 21.8. The van der Waals surface area contributed by atoms with Crippen LogP contribution in [0, 0.1) is 12.7 Å². The van der Waals surface area contributed by atoms with Gasteiger partial charge in [0.05, 0.1) is 17.7 Å². The normalized spacial score (nSPS) is 12.2. The number of anilines is 1. The van der Waals surface area contributed by atoms with Crippen molar-refractivity contribution in [2.45, 2.75) is 57.1 Å². The molecule has 1 N–H and O–H groups in total. The van der Waals surface area contributed by atoms with Crippen LogP contribution in [0.25, 0.3) is 0 Å². The third kappa shape index (κ3) is 8.94.